The molecule has 26 heavy (non-hydrogen) atoms. The van der Waals surface area contributed by atoms with E-state index < -0.39 is 0 Å². The minimum atomic E-state index is 0. The Morgan fingerprint density at radius 3 is 2.23 bits per heavy atom. The first kappa shape index (κ1) is 18.3. The molecule has 1 aliphatic heterocycles. The molecule has 1 radical (unpaired) electrons. The van der Waals surface area contributed by atoms with Gasteiger partial charge in [-0.15, -0.1) is 24.5 Å². The minimum absolute atomic E-state index is 0. The molecule has 0 aliphatic carbocycles. The Morgan fingerprint density at radius 1 is 0.808 bits per heavy atom. The molecule has 3 aromatic rings. The standard InChI is InChI=1S/C21H18N2O2.Ir/c1-24-18-9-5-7-16(13-18)22-15-23(21-12-4-3-11-20(21)22)17-8-6-10-19(14-17)25-2;/h3-7,9-15H,1-2H3;/q-2;. The molecule has 0 fully saturated rings. The first-order valence-corrected chi connectivity index (χ1v) is 8.02. The molecule has 1 heterocycles. The number of methoxy groups -OCH3 is 2. The normalized spacial score (nSPS) is 12.4. The van der Waals surface area contributed by atoms with Crippen molar-refractivity contribution in [3.05, 3.63) is 79.5 Å². The van der Waals surface area contributed by atoms with Crippen LogP contribution in [0.4, 0.5) is 22.7 Å². The third-order valence-corrected chi connectivity index (χ3v) is 4.22. The van der Waals surface area contributed by atoms with Crippen LogP contribution < -0.4 is 19.3 Å². The fourth-order valence-electron chi connectivity index (χ4n) is 2.97. The Labute approximate surface area is 167 Å². The summed E-state index contributed by atoms with van der Waals surface area (Å²) >= 11 is 0. The van der Waals surface area contributed by atoms with Gasteiger partial charge >= 0.3 is 0 Å². The molecule has 0 N–H and O–H groups in total. The summed E-state index contributed by atoms with van der Waals surface area (Å²) in [5.74, 6) is 1.63. The van der Waals surface area contributed by atoms with Gasteiger partial charge in [0, 0.05) is 49.0 Å². The van der Waals surface area contributed by atoms with E-state index in [1.807, 2.05) is 48.5 Å². The van der Waals surface area contributed by atoms with Crippen molar-refractivity contribution in [3.63, 3.8) is 0 Å². The van der Waals surface area contributed by atoms with Crippen LogP contribution in [-0.4, -0.2) is 14.2 Å². The predicted octanol–water partition coefficient (Wildman–Crippen LogP) is 4.91. The van der Waals surface area contributed by atoms with Gasteiger partial charge < -0.3 is 19.3 Å². The summed E-state index contributed by atoms with van der Waals surface area (Å²) in [4.78, 5) is 4.25. The molecule has 0 unspecified atom stereocenters. The smallest absolute Gasteiger partial charge is 0.120 e. The molecular weight excluding hydrogens is 504 g/mol. The summed E-state index contributed by atoms with van der Waals surface area (Å²) in [5.41, 5.74) is 4.16. The first-order chi connectivity index (χ1) is 12.3. The second-order valence-corrected chi connectivity index (χ2v) is 5.66. The zero-order chi connectivity index (χ0) is 17.2. The Morgan fingerprint density at radius 2 is 1.50 bits per heavy atom. The second kappa shape index (κ2) is 7.81. The van der Waals surface area contributed by atoms with Gasteiger partial charge in [0.2, 0.25) is 0 Å². The number of nitrogens with zero attached hydrogens (tertiary/aromatic N) is 2. The van der Waals surface area contributed by atoms with Gasteiger partial charge in [0.1, 0.15) is 5.75 Å². The monoisotopic (exact) mass is 523 g/mol. The van der Waals surface area contributed by atoms with Crippen LogP contribution in [0.3, 0.4) is 0 Å². The van der Waals surface area contributed by atoms with Gasteiger partial charge in [-0.1, -0.05) is 18.2 Å². The zero-order valence-electron chi connectivity index (χ0n) is 14.5. The number of anilines is 4. The topological polar surface area (TPSA) is 24.9 Å². The average molecular weight is 523 g/mol. The molecule has 0 saturated heterocycles. The molecule has 0 spiro atoms. The summed E-state index contributed by atoms with van der Waals surface area (Å²) < 4.78 is 10.7. The van der Waals surface area contributed by atoms with Crippen LogP contribution in [0.25, 0.3) is 0 Å². The van der Waals surface area contributed by atoms with Crippen LogP contribution in [0.15, 0.2) is 66.7 Å². The molecule has 0 saturated carbocycles. The van der Waals surface area contributed by atoms with Crippen molar-refractivity contribution in [1.29, 1.82) is 0 Å². The summed E-state index contributed by atoms with van der Waals surface area (Å²) in [6.07, 6.45) is 0. The molecule has 0 amide bonds. The van der Waals surface area contributed by atoms with E-state index in [0.717, 1.165) is 34.2 Å². The van der Waals surface area contributed by atoms with E-state index >= 15 is 0 Å². The van der Waals surface area contributed by atoms with E-state index in [4.69, 9.17) is 9.47 Å². The van der Waals surface area contributed by atoms with Gasteiger partial charge in [0.15, 0.2) is 0 Å². The fraction of sp³-hybridized carbons (Fsp3) is 0.0952. The van der Waals surface area contributed by atoms with Crippen LogP contribution in [0.1, 0.15) is 0 Å². The summed E-state index contributed by atoms with van der Waals surface area (Å²) in [5, 5.41) is 0. The largest absolute Gasteiger partial charge is 0.522 e. The maximum absolute atomic E-state index is 5.37. The molecular formula is C21H18IrN2O2-2. The van der Waals surface area contributed by atoms with Gasteiger partial charge in [-0.05, 0) is 24.3 Å². The molecule has 4 rings (SSSR count). The van der Waals surface area contributed by atoms with Crippen LogP contribution in [0.5, 0.6) is 11.5 Å². The number of ether oxygens (including phenoxy) is 2. The average Bonchev–Trinajstić information content (AvgIpc) is 3.08. The summed E-state index contributed by atoms with van der Waals surface area (Å²) in [6, 6.07) is 25.3. The number of rotatable bonds is 4. The van der Waals surface area contributed by atoms with Crippen molar-refractivity contribution in [2.75, 3.05) is 24.0 Å². The number of hydrogen-bond acceptors (Lipinski definition) is 4. The van der Waals surface area contributed by atoms with Crippen molar-refractivity contribution in [3.8, 4) is 11.5 Å². The molecule has 0 atom stereocenters. The number of hydrogen-bond donors (Lipinski definition) is 0. The van der Waals surface area contributed by atoms with Crippen molar-refractivity contribution >= 4 is 22.7 Å². The number of benzene rings is 3. The van der Waals surface area contributed by atoms with Crippen molar-refractivity contribution in [2.24, 2.45) is 0 Å². The number of para-hydroxylation sites is 2. The zero-order valence-corrected chi connectivity index (χ0v) is 16.9. The van der Waals surface area contributed by atoms with Gasteiger partial charge in [-0.2, -0.15) is 12.1 Å². The van der Waals surface area contributed by atoms with E-state index in [0.29, 0.717) is 0 Å². The van der Waals surface area contributed by atoms with Crippen molar-refractivity contribution < 1.29 is 29.6 Å². The van der Waals surface area contributed by atoms with Crippen LogP contribution in [-0.2, 0) is 20.1 Å². The Balaban J connectivity index is 0.00000196. The summed E-state index contributed by atoms with van der Waals surface area (Å²) in [6.45, 7) is 2.06. The predicted molar refractivity (Wildman–Crippen MR) is 99.8 cm³/mol. The third kappa shape index (κ3) is 3.28. The summed E-state index contributed by atoms with van der Waals surface area (Å²) in [7, 11) is 3.35. The molecule has 135 valence electrons. The number of fused-ring (bicyclic) bond motifs is 1. The van der Waals surface area contributed by atoms with Gasteiger partial charge in [-0.3, -0.25) is 0 Å². The van der Waals surface area contributed by atoms with Crippen LogP contribution in [0, 0.1) is 12.7 Å². The Hall–Kier alpha value is -2.49. The minimum Gasteiger partial charge on any atom is -0.522 e. The molecule has 5 heteroatoms. The fourth-order valence-corrected chi connectivity index (χ4v) is 2.97. The Kier molecular flexibility index (Phi) is 5.50. The van der Waals surface area contributed by atoms with E-state index in [2.05, 4.69) is 40.7 Å². The van der Waals surface area contributed by atoms with E-state index in [1.165, 1.54) is 0 Å². The third-order valence-electron chi connectivity index (χ3n) is 4.22. The molecule has 3 aromatic carbocycles. The van der Waals surface area contributed by atoms with Gasteiger partial charge in [0.25, 0.3) is 0 Å². The SMILES string of the molecule is COc1cc[c-]c(N2[CH-]N(c3cccc(OC)c3)c3ccccc32)c1.[Ir]. The Bertz CT molecular complexity index is 828. The van der Waals surface area contributed by atoms with Crippen LogP contribution in [0.2, 0.25) is 0 Å². The molecule has 0 aromatic heterocycles. The molecule has 1 aliphatic rings. The first-order valence-electron chi connectivity index (χ1n) is 8.02. The van der Waals surface area contributed by atoms with Crippen molar-refractivity contribution in [2.45, 2.75) is 0 Å². The maximum Gasteiger partial charge on any atom is 0.120 e. The maximum atomic E-state index is 5.37. The van der Waals surface area contributed by atoms with E-state index in [-0.39, 0.29) is 20.1 Å². The van der Waals surface area contributed by atoms with E-state index in [1.54, 1.807) is 14.2 Å². The van der Waals surface area contributed by atoms with Gasteiger partial charge in [0.05, 0.1) is 14.2 Å². The second-order valence-electron chi connectivity index (χ2n) is 5.66. The van der Waals surface area contributed by atoms with E-state index in [9.17, 15) is 0 Å². The van der Waals surface area contributed by atoms with Crippen molar-refractivity contribution in [1.82, 2.24) is 0 Å². The quantitative estimate of drug-likeness (QED) is 0.455. The van der Waals surface area contributed by atoms with Gasteiger partial charge in [-0.25, -0.2) is 0 Å². The van der Waals surface area contributed by atoms with Crippen LogP contribution >= 0.6 is 0 Å². The molecule has 4 nitrogen and oxygen atoms in total. The molecule has 0 bridgehead atoms.